The minimum atomic E-state index is -3.04. The van der Waals surface area contributed by atoms with Gasteiger partial charge in [-0.2, -0.15) is 18.9 Å². The summed E-state index contributed by atoms with van der Waals surface area (Å²) in [5.41, 5.74) is 2.63. The van der Waals surface area contributed by atoms with Crippen LogP contribution in [0.1, 0.15) is 34.8 Å². The summed E-state index contributed by atoms with van der Waals surface area (Å²) >= 11 is 0. The fraction of sp³-hybridized carbons (Fsp3) is 0.231. The van der Waals surface area contributed by atoms with Gasteiger partial charge < -0.3 is 19.5 Å². The predicted octanol–water partition coefficient (Wildman–Crippen LogP) is 5.08. The van der Waals surface area contributed by atoms with Gasteiger partial charge in [-0.3, -0.25) is 9.78 Å². The Morgan fingerprint density at radius 1 is 1.11 bits per heavy atom. The molecule has 11 heteroatoms. The highest BCUT2D eigenvalue weighted by molar-refractivity contribution is 6.06. The monoisotopic (exact) mass is 510 g/mol. The minimum Gasteiger partial charge on any atom is -0.493 e. The van der Waals surface area contributed by atoms with Crippen LogP contribution >= 0.6 is 0 Å². The van der Waals surface area contributed by atoms with Crippen molar-refractivity contribution in [2.45, 2.75) is 32.6 Å². The van der Waals surface area contributed by atoms with Gasteiger partial charge in [0, 0.05) is 29.2 Å². The Morgan fingerprint density at radius 2 is 1.84 bits per heavy atom. The van der Waals surface area contributed by atoms with E-state index in [1.54, 1.807) is 42.5 Å². The molecular weight excluding hydrogens is 486 g/mol. The number of ether oxygens (including phenoxy) is 3. The summed E-state index contributed by atoms with van der Waals surface area (Å²) in [7, 11) is 1.35. The lowest BCUT2D eigenvalue weighted by molar-refractivity contribution is -0.0512. The summed E-state index contributed by atoms with van der Waals surface area (Å²) in [5.74, 6) is -0.289. The van der Waals surface area contributed by atoms with Crippen molar-refractivity contribution in [3.8, 4) is 11.5 Å². The largest absolute Gasteiger partial charge is 0.493 e. The number of carbonyl (C=O) groups is 2. The number of anilines is 1. The van der Waals surface area contributed by atoms with Gasteiger partial charge in [0.2, 0.25) is 0 Å². The van der Waals surface area contributed by atoms with Gasteiger partial charge in [-0.05, 0) is 54.4 Å². The molecular formula is C26H24F2N4O5. The van der Waals surface area contributed by atoms with Gasteiger partial charge in [0.1, 0.15) is 11.8 Å². The highest BCUT2D eigenvalue weighted by Gasteiger charge is 2.31. The number of methoxy groups -OCH3 is 1. The number of hydrazone groups is 1. The number of nitrogens with zero attached hydrogens (tertiary/aromatic N) is 3. The molecule has 0 fully saturated rings. The molecule has 1 aliphatic heterocycles. The quantitative estimate of drug-likeness (QED) is 0.431. The van der Waals surface area contributed by atoms with Gasteiger partial charge in [0.25, 0.3) is 5.91 Å². The summed E-state index contributed by atoms with van der Waals surface area (Å²) in [6.07, 6.45) is 2.20. The van der Waals surface area contributed by atoms with Crippen LogP contribution in [-0.4, -0.2) is 47.5 Å². The van der Waals surface area contributed by atoms with Crippen LogP contribution in [0.3, 0.4) is 0 Å². The van der Waals surface area contributed by atoms with Crippen molar-refractivity contribution >= 4 is 23.4 Å². The number of hydrogen-bond donors (Lipinski definition) is 1. The summed E-state index contributed by atoms with van der Waals surface area (Å²) < 4.78 is 41.0. The predicted molar refractivity (Wildman–Crippen MR) is 131 cm³/mol. The zero-order valence-electron chi connectivity index (χ0n) is 20.1. The first-order chi connectivity index (χ1) is 17.9. The molecule has 1 atom stereocenters. The second-order valence-electron chi connectivity index (χ2n) is 7.95. The molecule has 2 amide bonds. The molecule has 0 bridgehead atoms. The van der Waals surface area contributed by atoms with Crippen LogP contribution in [0.25, 0.3) is 0 Å². The topological polar surface area (TPSA) is 102 Å². The molecule has 37 heavy (non-hydrogen) atoms. The van der Waals surface area contributed by atoms with Crippen molar-refractivity contribution in [2.75, 3.05) is 12.4 Å². The van der Waals surface area contributed by atoms with E-state index in [4.69, 9.17) is 9.47 Å². The smallest absolute Gasteiger partial charge is 0.431 e. The average molecular weight is 510 g/mol. The van der Waals surface area contributed by atoms with Gasteiger partial charge >= 0.3 is 12.7 Å². The Hall–Kier alpha value is -4.54. The number of halogens is 2. The highest BCUT2D eigenvalue weighted by Crippen LogP contribution is 2.31. The maximum absolute atomic E-state index is 12.9. The fourth-order valence-electron chi connectivity index (χ4n) is 3.69. The number of rotatable bonds is 9. The van der Waals surface area contributed by atoms with Crippen molar-refractivity contribution < 1.29 is 32.6 Å². The van der Waals surface area contributed by atoms with Crippen LogP contribution in [0.15, 0.2) is 72.1 Å². The number of nitrogens with one attached hydrogen (secondary N) is 1. The van der Waals surface area contributed by atoms with Crippen LogP contribution < -0.4 is 14.8 Å². The molecule has 3 aromatic rings. The number of carbonyl (C=O) groups excluding carboxylic acids is 2. The van der Waals surface area contributed by atoms with Crippen LogP contribution in [0.5, 0.6) is 11.5 Å². The van der Waals surface area contributed by atoms with E-state index < -0.39 is 18.8 Å². The van der Waals surface area contributed by atoms with Gasteiger partial charge in [-0.1, -0.05) is 19.1 Å². The van der Waals surface area contributed by atoms with E-state index in [0.29, 0.717) is 28.9 Å². The number of benzene rings is 2. The Balaban J connectivity index is 1.53. The summed E-state index contributed by atoms with van der Waals surface area (Å²) in [6.45, 7) is -1.12. The van der Waals surface area contributed by atoms with Crippen molar-refractivity contribution in [3.63, 3.8) is 0 Å². The van der Waals surface area contributed by atoms with E-state index in [2.05, 4.69) is 20.1 Å². The highest BCUT2D eigenvalue weighted by atomic mass is 19.3. The number of cyclic esters (lactones) is 1. The number of hydrogen-bond acceptors (Lipinski definition) is 7. The van der Waals surface area contributed by atoms with Gasteiger partial charge in [0.15, 0.2) is 11.5 Å². The third-order valence-electron chi connectivity index (χ3n) is 5.52. The number of amides is 2. The third kappa shape index (κ3) is 6.18. The van der Waals surface area contributed by atoms with E-state index in [1.165, 1.54) is 31.6 Å². The standard InChI is InChI=1S/C26H24F2N4O5/c1-3-20-23(18-6-9-21(35-2)22(14-18)36-25(27)28)31-32(26(34)37-20)15-16-4-7-19(8-5-16)30-24(33)17-10-12-29-13-11-17/h4-14,20,25H,3,15H2,1-2H3,(H,30,33). The zero-order chi connectivity index (χ0) is 26.4. The minimum absolute atomic E-state index is 0.0912. The first kappa shape index (κ1) is 25.5. The van der Waals surface area contributed by atoms with E-state index in [9.17, 15) is 18.4 Å². The lowest BCUT2D eigenvalue weighted by Gasteiger charge is -2.29. The molecule has 0 radical (unpaired) electrons. The molecule has 0 saturated carbocycles. The van der Waals surface area contributed by atoms with Gasteiger partial charge in [-0.15, -0.1) is 0 Å². The van der Waals surface area contributed by atoms with Crippen LogP contribution in [0.2, 0.25) is 0 Å². The Bertz CT molecular complexity index is 1290. The molecule has 1 aliphatic rings. The summed E-state index contributed by atoms with van der Waals surface area (Å²) in [5, 5.41) is 8.43. The van der Waals surface area contributed by atoms with Crippen LogP contribution in [0, 0.1) is 0 Å². The molecule has 9 nitrogen and oxygen atoms in total. The molecule has 0 saturated heterocycles. The molecule has 1 N–H and O–H groups in total. The number of pyridine rings is 1. The first-order valence-electron chi connectivity index (χ1n) is 11.4. The fourth-order valence-corrected chi connectivity index (χ4v) is 3.69. The van der Waals surface area contributed by atoms with Crippen molar-refractivity contribution in [2.24, 2.45) is 5.10 Å². The lowest BCUT2D eigenvalue weighted by Crippen LogP contribution is -2.41. The zero-order valence-corrected chi connectivity index (χ0v) is 20.1. The second-order valence-corrected chi connectivity index (χ2v) is 7.95. The summed E-state index contributed by atoms with van der Waals surface area (Å²) in [4.78, 5) is 28.8. The van der Waals surface area contributed by atoms with Crippen molar-refractivity contribution in [3.05, 3.63) is 83.7 Å². The van der Waals surface area contributed by atoms with E-state index in [1.807, 2.05) is 6.92 Å². The average Bonchev–Trinajstić information content (AvgIpc) is 2.90. The van der Waals surface area contributed by atoms with Gasteiger partial charge in [-0.25, -0.2) is 4.79 Å². The first-order valence-corrected chi connectivity index (χ1v) is 11.4. The normalized spacial score (nSPS) is 15.2. The van der Waals surface area contributed by atoms with Crippen LogP contribution in [-0.2, 0) is 11.3 Å². The third-order valence-corrected chi connectivity index (χ3v) is 5.52. The van der Waals surface area contributed by atoms with E-state index in [-0.39, 0.29) is 24.0 Å². The molecule has 4 rings (SSSR count). The molecule has 192 valence electrons. The molecule has 2 aromatic carbocycles. The maximum Gasteiger partial charge on any atom is 0.431 e. The van der Waals surface area contributed by atoms with Crippen LogP contribution in [0.4, 0.5) is 19.3 Å². The Kier molecular flexibility index (Phi) is 7.92. The van der Waals surface area contributed by atoms with Gasteiger partial charge in [0.05, 0.1) is 13.7 Å². The van der Waals surface area contributed by atoms with Crippen molar-refractivity contribution in [1.82, 2.24) is 9.99 Å². The Labute approximate surface area is 211 Å². The molecule has 1 aromatic heterocycles. The molecule has 1 unspecified atom stereocenters. The van der Waals surface area contributed by atoms with Crippen molar-refractivity contribution in [1.29, 1.82) is 0 Å². The Morgan fingerprint density at radius 3 is 2.49 bits per heavy atom. The number of aromatic nitrogens is 1. The molecule has 2 heterocycles. The number of alkyl halides is 2. The maximum atomic E-state index is 12.9. The van der Waals surface area contributed by atoms with E-state index in [0.717, 1.165) is 10.6 Å². The lowest BCUT2D eigenvalue weighted by atomic mass is 10.0. The summed E-state index contributed by atoms with van der Waals surface area (Å²) in [6, 6.07) is 14.6. The second kappa shape index (κ2) is 11.5. The SMILES string of the molecule is CCC1OC(=O)N(Cc2ccc(NC(=O)c3ccncc3)cc2)N=C1c1ccc(OC)c(OC(F)F)c1. The molecule has 0 aliphatic carbocycles. The van der Waals surface area contributed by atoms with E-state index >= 15 is 0 Å². The molecule has 0 spiro atoms.